The molecule has 0 fully saturated rings. The summed E-state index contributed by atoms with van der Waals surface area (Å²) in [5.41, 5.74) is 1.03. The van der Waals surface area contributed by atoms with Crippen LogP contribution < -0.4 is 5.32 Å². The first-order chi connectivity index (χ1) is 7.60. The van der Waals surface area contributed by atoms with Gasteiger partial charge in [0.1, 0.15) is 5.82 Å². The van der Waals surface area contributed by atoms with E-state index in [-0.39, 0.29) is 5.82 Å². The predicted octanol–water partition coefficient (Wildman–Crippen LogP) is 3.76. The van der Waals surface area contributed by atoms with Crippen molar-refractivity contribution in [3.8, 4) is 0 Å². The van der Waals surface area contributed by atoms with Crippen LogP contribution in [0.25, 0.3) is 0 Å². The van der Waals surface area contributed by atoms with Gasteiger partial charge in [0, 0.05) is 6.04 Å². The molecule has 0 spiro atoms. The minimum Gasteiger partial charge on any atom is -0.316 e. The second kappa shape index (κ2) is 6.36. The van der Waals surface area contributed by atoms with Crippen molar-refractivity contribution in [2.24, 2.45) is 5.92 Å². The Morgan fingerprint density at radius 3 is 2.69 bits per heavy atom. The molecule has 0 saturated heterocycles. The lowest BCUT2D eigenvalue weighted by Gasteiger charge is -2.23. The zero-order valence-corrected chi connectivity index (χ0v) is 11.6. The summed E-state index contributed by atoms with van der Waals surface area (Å²) in [6.07, 6.45) is 1.97. The highest BCUT2D eigenvalue weighted by Crippen LogP contribution is 2.23. The molecule has 2 unspecified atom stereocenters. The van der Waals surface area contributed by atoms with Crippen LogP contribution in [0, 0.1) is 11.7 Å². The Morgan fingerprint density at radius 2 is 2.12 bits per heavy atom. The van der Waals surface area contributed by atoms with Crippen molar-refractivity contribution < 1.29 is 4.39 Å². The molecule has 1 nitrogen and oxygen atoms in total. The van der Waals surface area contributed by atoms with E-state index in [0.29, 0.717) is 16.4 Å². The Bertz CT molecular complexity index is 341. The maximum Gasteiger partial charge on any atom is 0.137 e. The van der Waals surface area contributed by atoms with Crippen LogP contribution in [0.3, 0.4) is 0 Å². The Morgan fingerprint density at radius 1 is 1.44 bits per heavy atom. The van der Waals surface area contributed by atoms with Crippen LogP contribution in [0.1, 0.15) is 25.8 Å². The Kier molecular flexibility index (Phi) is 5.42. The zero-order valence-electron chi connectivity index (χ0n) is 10.1. The summed E-state index contributed by atoms with van der Waals surface area (Å²) in [5.74, 6) is 0.400. The van der Waals surface area contributed by atoms with E-state index >= 15 is 0 Å². The van der Waals surface area contributed by atoms with Crippen molar-refractivity contribution in [3.63, 3.8) is 0 Å². The minimum atomic E-state index is -0.184. The smallest absolute Gasteiger partial charge is 0.137 e. The molecule has 0 aliphatic carbocycles. The molecular formula is C13H19BrFN. The third kappa shape index (κ3) is 3.29. The number of hydrogen-bond acceptors (Lipinski definition) is 1. The van der Waals surface area contributed by atoms with Crippen LogP contribution in [-0.2, 0) is 6.42 Å². The molecule has 16 heavy (non-hydrogen) atoms. The van der Waals surface area contributed by atoms with Gasteiger partial charge in [0.05, 0.1) is 4.47 Å². The molecule has 0 aliphatic heterocycles. The summed E-state index contributed by atoms with van der Waals surface area (Å²) in [5, 5.41) is 3.30. The van der Waals surface area contributed by atoms with Crippen molar-refractivity contribution in [2.75, 3.05) is 7.05 Å². The SMILES string of the molecule is CCC(C)C(Cc1cccc(F)c1Br)NC. The normalized spacial score (nSPS) is 14.8. The quantitative estimate of drug-likeness (QED) is 0.869. The highest BCUT2D eigenvalue weighted by Gasteiger charge is 2.16. The van der Waals surface area contributed by atoms with Gasteiger partial charge in [0.2, 0.25) is 0 Å². The highest BCUT2D eigenvalue weighted by molar-refractivity contribution is 9.10. The summed E-state index contributed by atoms with van der Waals surface area (Å²) in [7, 11) is 1.96. The van der Waals surface area contributed by atoms with E-state index in [1.54, 1.807) is 6.07 Å². The van der Waals surface area contributed by atoms with Crippen molar-refractivity contribution in [2.45, 2.75) is 32.7 Å². The number of nitrogens with one attached hydrogen (secondary N) is 1. The van der Waals surface area contributed by atoms with Gasteiger partial charge < -0.3 is 5.32 Å². The van der Waals surface area contributed by atoms with Gasteiger partial charge in [0.15, 0.2) is 0 Å². The van der Waals surface area contributed by atoms with E-state index in [0.717, 1.165) is 18.4 Å². The number of benzene rings is 1. The van der Waals surface area contributed by atoms with Gasteiger partial charge in [-0.05, 0) is 46.9 Å². The lowest BCUT2D eigenvalue weighted by Crippen LogP contribution is -2.34. The van der Waals surface area contributed by atoms with Crippen molar-refractivity contribution in [3.05, 3.63) is 34.1 Å². The number of rotatable bonds is 5. The van der Waals surface area contributed by atoms with Crippen LogP contribution in [0.2, 0.25) is 0 Å². The molecule has 1 aromatic rings. The first-order valence-electron chi connectivity index (χ1n) is 5.70. The van der Waals surface area contributed by atoms with E-state index in [2.05, 4.69) is 35.1 Å². The molecule has 0 aliphatic rings. The second-order valence-corrected chi connectivity index (χ2v) is 4.99. The molecule has 1 aromatic carbocycles. The summed E-state index contributed by atoms with van der Waals surface area (Å²) < 4.78 is 13.9. The van der Waals surface area contributed by atoms with E-state index in [1.807, 2.05) is 13.1 Å². The van der Waals surface area contributed by atoms with Crippen molar-refractivity contribution >= 4 is 15.9 Å². The number of likely N-dealkylation sites (N-methyl/N-ethyl adjacent to an activating group) is 1. The molecule has 90 valence electrons. The molecule has 1 N–H and O–H groups in total. The summed E-state index contributed by atoms with van der Waals surface area (Å²) in [4.78, 5) is 0. The first kappa shape index (κ1) is 13.7. The van der Waals surface area contributed by atoms with Crippen LogP contribution in [0.5, 0.6) is 0 Å². The maximum absolute atomic E-state index is 13.3. The van der Waals surface area contributed by atoms with Gasteiger partial charge in [-0.1, -0.05) is 32.4 Å². The van der Waals surface area contributed by atoms with Crippen molar-refractivity contribution in [1.29, 1.82) is 0 Å². The van der Waals surface area contributed by atoms with E-state index in [4.69, 9.17) is 0 Å². The fourth-order valence-electron chi connectivity index (χ4n) is 1.82. The fourth-order valence-corrected chi connectivity index (χ4v) is 2.24. The van der Waals surface area contributed by atoms with Gasteiger partial charge in [-0.25, -0.2) is 4.39 Å². The lowest BCUT2D eigenvalue weighted by atomic mass is 9.93. The van der Waals surface area contributed by atoms with Crippen LogP contribution in [0.15, 0.2) is 22.7 Å². The standard InChI is InChI=1S/C13H19BrFN/c1-4-9(2)12(16-3)8-10-6-5-7-11(15)13(10)14/h5-7,9,12,16H,4,8H2,1-3H3. The fraction of sp³-hybridized carbons (Fsp3) is 0.538. The zero-order chi connectivity index (χ0) is 12.1. The minimum absolute atomic E-state index is 0.184. The third-order valence-electron chi connectivity index (χ3n) is 3.17. The first-order valence-corrected chi connectivity index (χ1v) is 6.49. The molecule has 0 saturated carbocycles. The molecule has 0 aromatic heterocycles. The Balaban J connectivity index is 2.82. The van der Waals surface area contributed by atoms with E-state index in [1.165, 1.54) is 6.07 Å². The average molecular weight is 288 g/mol. The van der Waals surface area contributed by atoms with Crippen molar-refractivity contribution in [1.82, 2.24) is 5.32 Å². The molecule has 0 heterocycles. The molecule has 1 rings (SSSR count). The van der Waals surface area contributed by atoms with Gasteiger partial charge in [0.25, 0.3) is 0 Å². The second-order valence-electron chi connectivity index (χ2n) is 4.20. The maximum atomic E-state index is 13.3. The third-order valence-corrected chi connectivity index (χ3v) is 4.06. The highest BCUT2D eigenvalue weighted by atomic mass is 79.9. The Hall–Kier alpha value is -0.410. The summed E-state index contributed by atoms with van der Waals surface area (Å²) >= 11 is 3.31. The molecule has 0 amide bonds. The molecule has 3 heteroatoms. The average Bonchev–Trinajstić information content (AvgIpc) is 2.30. The van der Waals surface area contributed by atoms with Gasteiger partial charge in [-0.3, -0.25) is 0 Å². The Labute approximate surface area is 106 Å². The number of hydrogen-bond donors (Lipinski definition) is 1. The molecule has 2 atom stereocenters. The summed E-state index contributed by atoms with van der Waals surface area (Å²) in [6.45, 7) is 4.39. The molecule has 0 radical (unpaired) electrons. The van der Waals surface area contributed by atoms with Gasteiger partial charge in [-0.15, -0.1) is 0 Å². The molecule has 0 bridgehead atoms. The number of halogens is 2. The van der Waals surface area contributed by atoms with Crippen LogP contribution >= 0.6 is 15.9 Å². The predicted molar refractivity (Wildman–Crippen MR) is 70.1 cm³/mol. The van der Waals surface area contributed by atoms with Gasteiger partial charge >= 0.3 is 0 Å². The monoisotopic (exact) mass is 287 g/mol. The largest absolute Gasteiger partial charge is 0.316 e. The lowest BCUT2D eigenvalue weighted by molar-refractivity contribution is 0.385. The van der Waals surface area contributed by atoms with Crippen LogP contribution in [0.4, 0.5) is 4.39 Å². The van der Waals surface area contributed by atoms with E-state index < -0.39 is 0 Å². The topological polar surface area (TPSA) is 12.0 Å². The summed E-state index contributed by atoms with van der Waals surface area (Å²) in [6, 6.07) is 5.60. The van der Waals surface area contributed by atoms with Gasteiger partial charge in [-0.2, -0.15) is 0 Å². The van der Waals surface area contributed by atoms with Crippen LogP contribution in [-0.4, -0.2) is 13.1 Å². The van der Waals surface area contributed by atoms with E-state index in [9.17, 15) is 4.39 Å². The molecular weight excluding hydrogens is 269 g/mol.